The molecule has 2 heterocycles. The molecule has 4 rings (SSSR count). The van der Waals surface area contributed by atoms with Gasteiger partial charge < -0.3 is 5.32 Å². The van der Waals surface area contributed by atoms with Crippen LogP contribution in [0.3, 0.4) is 0 Å². The van der Waals surface area contributed by atoms with E-state index in [0.717, 1.165) is 29.9 Å². The summed E-state index contributed by atoms with van der Waals surface area (Å²) in [5.74, 6) is 1.78. The highest BCUT2D eigenvalue weighted by molar-refractivity contribution is 5.77. The number of rotatable bonds is 7. The highest BCUT2D eigenvalue weighted by atomic mass is 19.1. The van der Waals surface area contributed by atoms with Crippen LogP contribution in [0.25, 0.3) is 10.9 Å². The smallest absolute Gasteiger partial charge is 0.261 e. The molecule has 1 N–H and O–H groups in total. The molecule has 0 bridgehead atoms. The number of halogens is 1. The molecule has 2 aromatic carbocycles. The van der Waals surface area contributed by atoms with Crippen molar-refractivity contribution in [3.8, 4) is 0 Å². The summed E-state index contributed by atoms with van der Waals surface area (Å²) in [5, 5.41) is 4.02. The average Bonchev–Trinajstić information content (AvgIpc) is 2.76. The van der Waals surface area contributed by atoms with Crippen LogP contribution in [0.2, 0.25) is 0 Å². The summed E-state index contributed by atoms with van der Waals surface area (Å²) in [4.78, 5) is 26.6. The Kier molecular flexibility index (Phi) is 6.25. The third-order valence-electron chi connectivity index (χ3n) is 5.44. The van der Waals surface area contributed by atoms with Gasteiger partial charge in [0.15, 0.2) is 0 Å². The Hall–Kier alpha value is -3.61. The summed E-state index contributed by atoms with van der Waals surface area (Å²) in [6.07, 6.45) is 1.71. The van der Waals surface area contributed by atoms with E-state index in [-0.39, 0.29) is 17.4 Å². The molecular weight excluding hydrogens is 405 g/mol. The maximum atomic E-state index is 13.1. The SMILES string of the molecule is Cc1nc(Cn2c(C)nc3ccccc3c2=O)cc(N[C@H](C)CCc2ccc(F)cc2)n1. The van der Waals surface area contributed by atoms with Crippen LogP contribution in [0, 0.1) is 19.7 Å². The van der Waals surface area contributed by atoms with Crippen molar-refractivity contribution in [2.75, 3.05) is 5.32 Å². The van der Waals surface area contributed by atoms with E-state index in [9.17, 15) is 9.18 Å². The molecule has 0 aliphatic heterocycles. The number of nitrogens with one attached hydrogen (secondary N) is 1. The highest BCUT2D eigenvalue weighted by Crippen LogP contribution is 2.14. The zero-order valence-corrected chi connectivity index (χ0v) is 18.5. The maximum absolute atomic E-state index is 13.1. The highest BCUT2D eigenvalue weighted by Gasteiger charge is 2.11. The number of nitrogens with zero attached hydrogens (tertiary/aromatic N) is 4. The lowest BCUT2D eigenvalue weighted by atomic mass is 10.1. The molecule has 0 spiro atoms. The van der Waals surface area contributed by atoms with E-state index in [1.807, 2.05) is 50.2 Å². The van der Waals surface area contributed by atoms with Gasteiger partial charge in [-0.1, -0.05) is 24.3 Å². The molecule has 0 saturated carbocycles. The second-order valence-corrected chi connectivity index (χ2v) is 8.07. The molecule has 0 amide bonds. The topological polar surface area (TPSA) is 72.7 Å². The van der Waals surface area contributed by atoms with Gasteiger partial charge in [0.25, 0.3) is 5.56 Å². The van der Waals surface area contributed by atoms with E-state index in [2.05, 4.69) is 27.2 Å². The Bertz CT molecular complexity index is 1300. The minimum atomic E-state index is -0.222. The summed E-state index contributed by atoms with van der Waals surface area (Å²) in [6.45, 7) is 6.08. The Morgan fingerprint density at radius 2 is 1.78 bits per heavy atom. The second-order valence-electron chi connectivity index (χ2n) is 8.07. The van der Waals surface area contributed by atoms with E-state index in [4.69, 9.17) is 0 Å². The Balaban J connectivity index is 1.50. The fraction of sp³-hybridized carbons (Fsp3) is 0.280. The molecule has 0 saturated heterocycles. The molecule has 2 aromatic heterocycles. The number of para-hydroxylation sites is 1. The van der Waals surface area contributed by atoms with Gasteiger partial charge in [0.2, 0.25) is 0 Å². The number of anilines is 1. The third kappa shape index (κ3) is 4.99. The third-order valence-corrected chi connectivity index (χ3v) is 5.44. The Morgan fingerprint density at radius 3 is 2.56 bits per heavy atom. The molecule has 1 atom stereocenters. The zero-order chi connectivity index (χ0) is 22.7. The van der Waals surface area contributed by atoms with E-state index >= 15 is 0 Å². The maximum Gasteiger partial charge on any atom is 0.261 e. The lowest BCUT2D eigenvalue weighted by molar-refractivity contribution is 0.626. The van der Waals surface area contributed by atoms with Crippen molar-refractivity contribution in [3.05, 3.63) is 93.7 Å². The fourth-order valence-corrected chi connectivity index (χ4v) is 3.77. The van der Waals surface area contributed by atoms with Crippen LogP contribution in [0.1, 0.15) is 36.3 Å². The molecule has 6 nitrogen and oxygen atoms in total. The predicted molar refractivity (Wildman–Crippen MR) is 124 cm³/mol. The molecule has 0 aliphatic carbocycles. The Morgan fingerprint density at radius 1 is 1.03 bits per heavy atom. The van der Waals surface area contributed by atoms with Gasteiger partial charge in [-0.2, -0.15) is 0 Å². The van der Waals surface area contributed by atoms with Crippen LogP contribution in [0.5, 0.6) is 0 Å². The van der Waals surface area contributed by atoms with Crippen LogP contribution < -0.4 is 10.9 Å². The van der Waals surface area contributed by atoms with Crippen LogP contribution in [0.4, 0.5) is 10.2 Å². The van der Waals surface area contributed by atoms with Crippen molar-refractivity contribution in [3.63, 3.8) is 0 Å². The number of aromatic nitrogens is 4. The quantitative estimate of drug-likeness (QED) is 0.469. The monoisotopic (exact) mass is 431 g/mol. The van der Waals surface area contributed by atoms with E-state index in [1.165, 1.54) is 12.1 Å². The molecule has 0 fully saturated rings. The molecular formula is C25H26FN5O. The van der Waals surface area contributed by atoms with Gasteiger partial charge >= 0.3 is 0 Å². The number of fused-ring (bicyclic) bond motifs is 1. The molecule has 0 unspecified atom stereocenters. The molecule has 0 aliphatic rings. The fourth-order valence-electron chi connectivity index (χ4n) is 3.77. The van der Waals surface area contributed by atoms with Crippen molar-refractivity contribution in [1.82, 2.24) is 19.5 Å². The van der Waals surface area contributed by atoms with Gasteiger partial charge in [0.1, 0.15) is 23.3 Å². The van der Waals surface area contributed by atoms with Crippen LogP contribution in [-0.2, 0) is 13.0 Å². The molecule has 32 heavy (non-hydrogen) atoms. The summed E-state index contributed by atoms with van der Waals surface area (Å²) in [5.41, 5.74) is 2.46. The molecule has 7 heteroatoms. The van der Waals surface area contributed by atoms with Gasteiger partial charge in [-0.05, 0) is 63.4 Å². The zero-order valence-electron chi connectivity index (χ0n) is 18.5. The number of aryl methyl sites for hydroxylation is 3. The lowest BCUT2D eigenvalue weighted by Crippen LogP contribution is -2.25. The van der Waals surface area contributed by atoms with E-state index in [1.54, 1.807) is 10.6 Å². The first-order valence-electron chi connectivity index (χ1n) is 10.7. The molecule has 4 aromatic rings. The van der Waals surface area contributed by atoms with Crippen molar-refractivity contribution in [1.29, 1.82) is 0 Å². The van der Waals surface area contributed by atoms with E-state index < -0.39 is 0 Å². The van der Waals surface area contributed by atoms with Crippen molar-refractivity contribution in [2.45, 2.75) is 46.2 Å². The average molecular weight is 432 g/mol. The van der Waals surface area contributed by atoms with Gasteiger partial charge in [0, 0.05) is 12.1 Å². The van der Waals surface area contributed by atoms with Crippen molar-refractivity contribution < 1.29 is 4.39 Å². The first-order valence-corrected chi connectivity index (χ1v) is 10.7. The summed E-state index contributed by atoms with van der Waals surface area (Å²) in [6, 6.07) is 16.0. The molecule has 0 radical (unpaired) electrons. The van der Waals surface area contributed by atoms with Gasteiger partial charge in [-0.15, -0.1) is 0 Å². The second kappa shape index (κ2) is 9.26. The first-order chi connectivity index (χ1) is 15.4. The predicted octanol–water partition coefficient (Wildman–Crippen LogP) is 4.42. The lowest BCUT2D eigenvalue weighted by Gasteiger charge is -2.16. The largest absolute Gasteiger partial charge is 0.367 e. The van der Waals surface area contributed by atoms with Crippen LogP contribution >= 0.6 is 0 Å². The van der Waals surface area contributed by atoms with Crippen molar-refractivity contribution in [2.24, 2.45) is 0 Å². The number of benzene rings is 2. The van der Waals surface area contributed by atoms with Crippen LogP contribution in [0.15, 0.2) is 59.4 Å². The summed E-state index contributed by atoms with van der Waals surface area (Å²) < 4.78 is 14.7. The summed E-state index contributed by atoms with van der Waals surface area (Å²) >= 11 is 0. The van der Waals surface area contributed by atoms with Crippen LogP contribution in [-0.4, -0.2) is 25.6 Å². The normalized spacial score (nSPS) is 12.1. The number of hydrogen-bond donors (Lipinski definition) is 1. The minimum Gasteiger partial charge on any atom is -0.367 e. The minimum absolute atomic E-state index is 0.0773. The van der Waals surface area contributed by atoms with Crippen molar-refractivity contribution >= 4 is 16.7 Å². The Labute approximate surface area is 186 Å². The van der Waals surface area contributed by atoms with Gasteiger partial charge in [-0.3, -0.25) is 9.36 Å². The molecule has 164 valence electrons. The summed E-state index contributed by atoms with van der Waals surface area (Å²) in [7, 11) is 0. The standard InChI is InChI=1S/C25H26FN5O/c1-16(8-9-19-10-12-20(26)13-11-19)27-24-14-21(28-17(2)29-24)15-31-18(3)30-23-7-5-4-6-22(23)25(31)32/h4-7,10-14,16H,8-9,15H2,1-3H3,(H,27,28,29)/t16-/m1/s1. The van der Waals surface area contributed by atoms with Gasteiger partial charge in [-0.25, -0.2) is 19.3 Å². The number of hydrogen-bond acceptors (Lipinski definition) is 5. The van der Waals surface area contributed by atoms with Gasteiger partial charge in [0.05, 0.1) is 23.1 Å². The first kappa shape index (κ1) is 21.6. The van der Waals surface area contributed by atoms with E-state index in [0.29, 0.717) is 29.1 Å².